The molecule has 1 aliphatic rings. The minimum atomic E-state index is -2.26. The molecule has 36 heavy (non-hydrogen) atoms. The van der Waals surface area contributed by atoms with Crippen molar-refractivity contribution in [1.82, 2.24) is 19.5 Å². The Balaban J connectivity index is 1.85. The number of halogens is 1. The molecule has 192 valence electrons. The summed E-state index contributed by atoms with van der Waals surface area (Å²) < 4.78 is 30.2. The van der Waals surface area contributed by atoms with E-state index in [-0.39, 0.29) is 5.56 Å². The number of esters is 1. The van der Waals surface area contributed by atoms with Crippen LogP contribution in [0.5, 0.6) is 0 Å². The van der Waals surface area contributed by atoms with E-state index in [4.69, 9.17) is 9.47 Å². The number of imidazole rings is 1. The number of alkyl halides is 1. The van der Waals surface area contributed by atoms with Gasteiger partial charge in [0.15, 0.2) is 34.5 Å². The van der Waals surface area contributed by atoms with Crippen molar-refractivity contribution in [2.75, 3.05) is 11.9 Å². The molecule has 4 rings (SSSR count). The summed E-state index contributed by atoms with van der Waals surface area (Å²) >= 11 is 0. The number of carboxylic acid groups (broad SMARTS) is 1. The van der Waals surface area contributed by atoms with Gasteiger partial charge in [-0.1, -0.05) is 26.0 Å². The summed E-state index contributed by atoms with van der Waals surface area (Å²) in [7, 11) is 0. The summed E-state index contributed by atoms with van der Waals surface area (Å²) in [6.07, 6.45) is 0.368. The van der Waals surface area contributed by atoms with Gasteiger partial charge in [0, 0.05) is 13.5 Å². The van der Waals surface area contributed by atoms with Gasteiger partial charge >= 0.3 is 11.9 Å². The second-order valence-electron chi connectivity index (χ2n) is 9.79. The number of carbonyl (C=O) groups excluding carboxylic acids is 1. The molecule has 2 N–H and O–H groups in total. The third-order valence-corrected chi connectivity index (χ3v) is 6.73. The zero-order chi connectivity index (χ0) is 26.4. The molecular weight excluding hydrogens is 469 g/mol. The van der Waals surface area contributed by atoms with E-state index < -0.39 is 35.5 Å². The largest absolute Gasteiger partial charge is 0.478 e. The molecule has 2 unspecified atom stereocenters. The average molecular weight is 500 g/mol. The van der Waals surface area contributed by atoms with Crippen LogP contribution < -0.4 is 5.32 Å². The lowest BCUT2D eigenvalue weighted by Gasteiger charge is -2.37. The number of nitrogens with one attached hydrogen (secondary N) is 1. The normalized spacial score (nSPS) is 25.9. The number of carbonyl (C=O) groups is 2. The van der Waals surface area contributed by atoms with Crippen molar-refractivity contribution in [3.63, 3.8) is 0 Å². The van der Waals surface area contributed by atoms with E-state index in [1.54, 1.807) is 19.1 Å². The Hall–Kier alpha value is -3.60. The first kappa shape index (κ1) is 25.5. The van der Waals surface area contributed by atoms with Gasteiger partial charge in [-0.25, -0.2) is 24.1 Å². The summed E-state index contributed by atoms with van der Waals surface area (Å²) in [6, 6.07) is 4.66. The Morgan fingerprint density at radius 3 is 2.64 bits per heavy atom. The second-order valence-corrected chi connectivity index (χ2v) is 9.79. The molecule has 2 aromatic heterocycles. The van der Waals surface area contributed by atoms with Crippen molar-refractivity contribution in [3.05, 3.63) is 47.5 Å². The summed E-state index contributed by atoms with van der Waals surface area (Å²) in [5.41, 5.74) is -2.43. The number of rotatable bonds is 7. The maximum absolute atomic E-state index is 16.8. The van der Waals surface area contributed by atoms with Crippen molar-refractivity contribution in [1.29, 1.82) is 0 Å². The lowest BCUT2D eigenvalue weighted by atomic mass is 9.80. The van der Waals surface area contributed by atoms with Gasteiger partial charge < -0.3 is 19.9 Å². The maximum atomic E-state index is 16.8. The number of ether oxygens (including phenoxy) is 2. The first-order valence-electron chi connectivity index (χ1n) is 11.7. The predicted octanol–water partition coefficient (Wildman–Crippen LogP) is 4.22. The van der Waals surface area contributed by atoms with E-state index in [0.29, 0.717) is 40.6 Å². The molecule has 1 aliphatic heterocycles. The van der Waals surface area contributed by atoms with Crippen LogP contribution in [-0.4, -0.2) is 54.4 Å². The van der Waals surface area contributed by atoms with Gasteiger partial charge in [0.25, 0.3) is 0 Å². The smallest absolute Gasteiger partial charge is 0.335 e. The van der Waals surface area contributed by atoms with Crippen molar-refractivity contribution in [3.8, 4) is 0 Å². The quantitative estimate of drug-likeness (QED) is 0.459. The number of nitrogens with zero attached hydrogens (tertiary/aromatic N) is 4. The van der Waals surface area contributed by atoms with Crippen molar-refractivity contribution in [2.45, 2.75) is 65.1 Å². The van der Waals surface area contributed by atoms with E-state index in [1.165, 1.54) is 44.1 Å². The molecule has 1 saturated heterocycles. The Labute approximate surface area is 207 Å². The Kier molecular flexibility index (Phi) is 6.46. The lowest BCUT2D eigenvalue weighted by Crippen LogP contribution is -2.51. The molecule has 0 amide bonds. The van der Waals surface area contributed by atoms with Crippen molar-refractivity contribution in [2.24, 2.45) is 5.92 Å². The number of aromatic carboxylic acids is 1. The Bertz CT molecular complexity index is 1320. The fraction of sp³-hybridized carbons (Fsp3) is 0.480. The zero-order valence-corrected chi connectivity index (χ0v) is 21.1. The molecule has 11 heteroatoms. The van der Waals surface area contributed by atoms with Gasteiger partial charge in [-0.05, 0) is 43.9 Å². The molecule has 1 aromatic carbocycles. The van der Waals surface area contributed by atoms with E-state index in [9.17, 15) is 14.7 Å². The molecule has 0 bridgehead atoms. The highest BCUT2D eigenvalue weighted by Crippen LogP contribution is 2.57. The standard InChI is InChI=1S/C25H30FN5O5/c1-13(2)10-27-20-18-21(29-11-28-20)31(12-30-18)23-24(5,26)25(6,36-15(4)32)19(35-23)16-8-7-9-17(14(16)3)22(33)34/h7-9,11-13,19,23H,10H2,1-6H3,(H,33,34)(H,27,28,29)/t19-,23?,24+,25?/m1/s1. The number of hydrogen-bond donors (Lipinski definition) is 2. The number of hydrogen-bond acceptors (Lipinski definition) is 8. The van der Waals surface area contributed by atoms with Crippen LogP contribution in [0.25, 0.3) is 11.2 Å². The van der Waals surface area contributed by atoms with Crippen LogP contribution in [-0.2, 0) is 14.3 Å². The lowest BCUT2D eigenvalue weighted by molar-refractivity contribution is -0.174. The molecule has 0 spiro atoms. The molecule has 3 aromatic rings. The summed E-state index contributed by atoms with van der Waals surface area (Å²) in [6.45, 7) is 10.3. The fourth-order valence-corrected chi connectivity index (χ4v) is 4.66. The van der Waals surface area contributed by atoms with Crippen molar-refractivity contribution < 1.29 is 28.6 Å². The van der Waals surface area contributed by atoms with E-state index in [0.717, 1.165) is 0 Å². The molecule has 3 heterocycles. The number of aromatic nitrogens is 4. The van der Waals surface area contributed by atoms with Gasteiger partial charge in [-0.3, -0.25) is 9.36 Å². The number of anilines is 1. The van der Waals surface area contributed by atoms with Gasteiger partial charge in [0.2, 0.25) is 0 Å². The first-order valence-corrected chi connectivity index (χ1v) is 11.7. The molecular formula is C25H30FN5O5. The third-order valence-electron chi connectivity index (χ3n) is 6.73. The second kappa shape index (κ2) is 9.12. The summed E-state index contributed by atoms with van der Waals surface area (Å²) in [5.74, 6) is -0.949. The number of fused-ring (bicyclic) bond motifs is 1. The molecule has 1 fully saturated rings. The summed E-state index contributed by atoms with van der Waals surface area (Å²) in [5, 5.41) is 12.8. The van der Waals surface area contributed by atoms with Gasteiger partial charge in [-0.2, -0.15) is 0 Å². The van der Waals surface area contributed by atoms with Gasteiger partial charge in [0.1, 0.15) is 12.4 Å². The molecule has 0 aliphatic carbocycles. The van der Waals surface area contributed by atoms with E-state index in [2.05, 4.69) is 34.1 Å². The predicted molar refractivity (Wildman–Crippen MR) is 129 cm³/mol. The molecule has 0 radical (unpaired) electrons. The van der Waals surface area contributed by atoms with Crippen LogP contribution in [0.15, 0.2) is 30.9 Å². The Morgan fingerprint density at radius 2 is 2.00 bits per heavy atom. The molecule has 4 atom stereocenters. The Morgan fingerprint density at radius 1 is 1.28 bits per heavy atom. The van der Waals surface area contributed by atoms with E-state index >= 15 is 4.39 Å². The SMILES string of the molecule is CC(=O)OC1(C)[C@@H](c2cccc(C(=O)O)c2C)OC(n2cnc3c(NCC(C)C)ncnc32)[C@]1(C)F. The fourth-order valence-electron chi connectivity index (χ4n) is 4.66. The number of carboxylic acids is 1. The van der Waals surface area contributed by atoms with E-state index in [1.807, 2.05) is 0 Å². The van der Waals surface area contributed by atoms with Crippen LogP contribution in [0.4, 0.5) is 10.2 Å². The van der Waals surface area contributed by atoms with Crippen LogP contribution in [0.1, 0.15) is 68.4 Å². The molecule has 0 saturated carbocycles. The minimum Gasteiger partial charge on any atom is -0.478 e. The minimum absolute atomic E-state index is 0.0481. The third kappa shape index (κ3) is 4.06. The summed E-state index contributed by atoms with van der Waals surface area (Å²) in [4.78, 5) is 36.9. The van der Waals surface area contributed by atoms with Crippen molar-refractivity contribution >= 4 is 28.9 Å². The average Bonchev–Trinajstić information content (AvgIpc) is 3.29. The van der Waals surface area contributed by atoms with Gasteiger partial charge in [-0.15, -0.1) is 0 Å². The highest BCUT2D eigenvalue weighted by atomic mass is 19.1. The van der Waals surface area contributed by atoms with Crippen LogP contribution in [0, 0.1) is 12.8 Å². The molecule has 10 nitrogen and oxygen atoms in total. The monoisotopic (exact) mass is 499 g/mol. The zero-order valence-electron chi connectivity index (χ0n) is 21.1. The first-order chi connectivity index (χ1) is 16.9. The van der Waals surface area contributed by atoms with Crippen LogP contribution >= 0.6 is 0 Å². The topological polar surface area (TPSA) is 128 Å². The highest BCUT2D eigenvalue weighted by Gasteiger charge is 2.67. The van der Waals surface area contributed by atoms with Crippen LogP contribution in [0.2, 0.25) is 0 Å². The maximum Gasteiger partial charge on any atom is 0.335 e. The number of benzene rings is 1. The van der Waals surface area contributed by atoms with Crippen LogP contribution in [0.3, 0.4) is 0 Å². The highest BCUT2D eigenvalue weighted by molar-refractivity contribution is 5.89. The van der Waals surface area contributed by atoms with Gasteiger partial charge in [0.05, 0.1) is 11.9 Å².